The van der Waals surface area contributed by atoms with Crippen molar-refractivity contribution in [2.24, 2.45) is 5.73 Å². The minimum Gasteiger partial charge on any atom is -0.480 e. The van der Waals surface area contributed by atoms with Crippen molar-refractivity contribution in [1.29, 1.82) is 0 Å². The first-order chi connectivity index (χ1) is 14.3. The molecule has 7 N–H and O–H groups in total. The van der Waals surface area contributed by atoms with Crippen molar-refractivity contribution < 1.29 is 24.9 Å². The van der Waals surface area contributed by atoms with E-state index < -0.39 is 36.6 Å². The average Bonchev–Trinajstić information content (AvgIpc) is 3.26. The summed E-state index contributed by atoms with van der Waals surface area (Å²) in [5.74, 6) is 1.63. The molecule has 0 spiro atoms. The first-order valence-corrected chi connectivity index (χ1v) is 9.42. The fourth-order valence-electron chi connectivity index (χ4n) is 3.38. The topological polar surface area (TPSA) is 186 Å². The van der Waals surface area contributed by atoms with Gasteiger partial charge in [0.05, 0.1) is 6.33 Å². The predicted molar refractivity (Wildman–Crippen MR) is 106 cm³/mol. The molecule has 12 nitrogen and oxygen atoms in total. The van der Waals surface area contributed by atoms with Crippen molar-refractivity contribution in [1.82, 2.24) is 24.4 Å². The van der Waals surface area contributed by atoms with Gasteiger partial charge in [-0.2, -0.15) is 0 Å². The first-order valence-electron chi connectivity index (χ1n) is 9.42. The number of terminal acetylenes is 1. The van der Waals surface area contributed by atoms with Crippen molar-refractivity contribution in [3.05, 3.63) is 12.7 Å². The van der Waals surface area contributed by atoms with Gasteiger partial charge in [-0.25, -0.2) is 15.0 Å². The molecule has 1 saturated heterocycles. The number of aliphatic carboxylic acids is 1. The van der Waals surface area contributed by atoms with Gasteiger partial charge in [-0.15, -0.1) is 12.3 Å². The highest BCUT2D eigenvalue weighted by Gasteiger charge is 2.44. The summed E-state index contributed by atoms with van der Waals surface area (Å²) in [6, 6.07) is -1.01. The number of ether oxygens (including phenoxy) is 1. The Hall–Kier alpha value is -2.82. The number of carbonyl (C=O) groups is 1. The summed E-state index contributed by atoms with van der Waals surface area (Å²) >= 11 is 0. The summed E-state index contributed by atoms with van der Waals surface area (Å²) in [5.41, 5.74) is 12.1. The van der Waals surface area contributed by atoms with Crippen molar-refractivity contribution in [3.63, 3.8) is 0 Å². The Kier molecular flexibility index (Phi) is 6.80. The Morgan fingerprint density at radius 1 is 1.33 bits per heavy atom. The number of rotatable bonds is 9. The molecule has 0 bridgehead atoms. The highest BCUT2D eigenvalue weighted by Crippen LogP contribution is 2.32. The minimum atomic E-state index is -1.24. The number of anilines is 1. The molecule has 1 aliphatic heterocycles. The number of carboxylic acid groups (broad SMARTS) is 1. The molecule has 12 heteroatoms. The molecular weight excluding hydrogens is 394 g/mol. The summed E-state index contributed by atoms with van der Waals surface area (Å²) in [7, 11) is 0. The van der Waals surface area contributed by atoms with Crippen LogP contribution >= 0.6 is 0 Å². The molecule has 0 saturated carbocycles. The molecule has 0 amide bonds. The second-order valence-corrected chi connectivity index (χ2v) is 7.12. The van der Waals surface area contributed by atoms with Gasteiger partial charge in [0, 0.05) is 26.1 Å². The first kappa shape index (κ1) is 21.9. The SMILES string of the molecule is C#CCCN(CC[C@H](N)C(=O)O)C[C@H]1O[C@@H](n2cnc3c(N)ncnc32)[C@H](O)[C@@H]1O. The van der Waals surface area contributed by atoms with E-state index in [9.17, 15) is 15.0 Å². The lowest BCUT2D eigenvalue weighted by Gasteiger charge is -2.26. The van der Waals surface area contributed by atoms with E-state index in [-0.39, 0.29) is 18.8 Å². The van der Waals surface area contributed by atoms with E-state index in [0.29, 0.717) is 30.7 Å². The second kappa shape index (κ2) is 9.33. The van der Waals surface area contributed by atoms with E-state index >= 15 is 0 Å². The van der Waals surface area contributed by atoms with Crippen LogP contribution < -0.4 is 11.5 Å². The number of imidazole rings is 1. The van der Waals surface area contributed by atoms with Crippen LogP contribution in [0.5, 0.6) is 0 Å². The fraction of sp³-hybridized carbons (Fsp3) is 0.556. The lowest BCUT2D eigenvalue weighted by Crippen LogP contribution is -2.42. The van der Waals surface area contributed by atoms with Crippen LogP contribution in [-0.2, 0) is 9.53 Å². The summed E-state index contributed by atoms with van der Waals surface area (Å²) in [5, 5.41) is 30.1. The molecule has 30 heavy (non-hydrogen) atoms. The quantitative estimate of drug-likeness (QED) is 0.287. The standard InChI is InChI=1S/C18H25N7O5/c1-2-3-5-24(6-4-10(19)18(28)29)7-11-13(26)14(27)17(30-11)25-9-23-12-15(20)21-8-22-16(12)25/h1,8-11,13-14,17,26-27H,3-7,19H2,(H,28,29)(H2,20,21,22)/t10-,11+,13+,14+,17+/m0/s1. The largest absolute Gasteiger partial charge is 0.480 e. The molecule has 2 aromatic rings. The van der Waals surface area contributed by atoms with Gasteiger partial charge in [-0.1, -0.05) is 0 Å². The van der Waals surface area contributed by atoms with Crippen molar-refractivity contribution in [3.8, 4) is 12.3 Å². The molecule has 1 aliphatic rings. The Morgan fingerprint density at radius 2 is 2.10 bits per heavy atom. The highest BCUT2D eigenvalue weighted by atomic mass is 16.6. The number of fused-ring (bicyclic) bond motifs is 1. The van der Waals surface area contributed by atoms with E-state index in [4.69, 9.17) is 27.7 Å². The molecule has 3 rings (SSSR count). The lowest BCUT2D eigenvalue weighted by atomic mass is 10.1. The molecule has 5 atom stereocenters. The van der Waals surface area contributed by atoms with Crippen LogP contribution in [0.2, 0.25) is 0 Å². The van der Waals surface area contributed by atoms with Gasteiger partial charge in [0.15, 0.2) is 17.7 Å². The lowest BCUT2D eigenvalue weighted by molar-refractivity contribution is -0.138. The molecule has 162 valence electrons. The third-order valence-corrected chi connectivity index (χ3v) is 5.08. The van der Waals surface area contributed by atoms with Crippen LogP contribution in [0.1, 0.15) is 19.1 Å². The summed E-state index contributed by atoms with van der Waals surface area (Å²) < 4.78 is 7.42. The van der Waals surface area contributed by atoms with E-state index in [2.05, 4.69) is 20.9 Å². The zero-order valence-corrected chi connectivity index (χ0v) is 16.2. The molecule has 2 aromatic heterocycles. The molecule has 0 radical (unpaired) electrons. The van der Waals surface area contributed by atoms with E-state index in [1.54, 1.807) is 0 Å². The van der Waals surface area contributed by atoms with Crippen LogP contribution in [0.25, 0.3) is 11.2 Å². The van der Waals surface area contributed by atoms with E-state index in [1.165, 1.54) is 17.2 Å². The van der Waals surface area contributed by atoms with Crippen LogP contribution in [0, 0.1) is 12.3 Å². The smallest absolute Gasteiger partial charge is 0.320 e. The summed E-state index contributed by atoms with van der Waals surface area (Å²) in [6.45, 7) is 1.04. The van der Waals surface area contributed by atoms with Gasteiger partial charge in [-0.3, -0.25) is 14.3 Å². The molecule has 3 heterocycles. The van der Waals surface area contributed by atoms with Crippen molar-refractivity contribution in [2.75, 3.05) is 25.4 Å². The molecule has 0 aromatic carbocycles. The number of aliphatic hydroxyl groups is 2. The third-order valence-electron chi connectivity index (χ3n) is 5.08. The monoisotopic (exact) mass is 419 g/mol. The van der Waals surface area contributed by atoms with Gasteiger partial charge in [0.2, 0.25) is 0 Å². The van der Waals surface area contributed by atoms with Crippen molar-refractivity contribution >= 4 is 23.0 Å². The molecule has 0 aliphatic carbocycles. The van der Waals surface area contributed by atoms with Gasteiger partial charge in [0.25, 0.3) is 0 Å². The van der Waals surface area contributed by atoms with Crippen LogP contribution in [0.3, 0.4) is 0 Å². The van der Waals surface area contributed by atoms with Gasteiger partial charge in [0.1, 0.15) is 36.2 Å². The maximum absolute atomic E-state index is 11.0. The predicted octanol–water partition coefficient (Wildman–Crippen LogP) is -1.84. The zero-order valence-electron chi connectivity index (χ0n) is 16.2. The van der Waals surface area contributed by atoms with Gasteiger partial charge in [-0.05, 0) is 6.42 Å². The van der Waals surface area contributed by atoms with Crippen LogP contribution in [-0.4, -0.2) is 89.7 Å². The molecular formula is C18H25N7O5. The van der Waals surface area contributed by atoms with Gasteiger partial charge < -0.3 is 31.5 Å². The van der Waals surface area contributed by atoms with Crippen molar-refractivity contribution in [2.45, 2.75) is 43.4 Å². The number of nitrogens with zero attached hydrogens (tertiary/aromatic N) is 5. The van der Waals surface area contributed by atoms with Crippen LogP contribution in [0.15, 0.2) is 12.7 Å². The average molecular weight is 419 g/mol. The number of hydrogen-bond donors (Lipinski definition) is 5. The number of hydrogen-bond acceptors (Lipinski definition) is 10. The maximum Gasteiger partial charge on any atom is 0.320 e. The Morgan fingerprint density at radius 3 is 2.80 bits per heavy atom. The third kappa shape index (κ3) is 4.50. The molecule has 0 unspecified atom stereocenters. The second-order valence-electron chi connectivity index (χ2n) is 7.12. The normalized spacial score (nSPS) is 24.9. The number of aliphatic hydroxyl groups excluding tert-OH is 2. The minimum absolute atomic E-state index is 0.193. The fourth-order valence-corrected chi connectivity index (χ4v) is 3.38. The maximum atomic E-state index is 11.0. The molecule has 1 fully saturated rings. The number of nitrogen functional groups attached to an aromatic ring is 1. The van der Waals surface area contributed by atoms with Crippen LogP contribution in [0.4, 0.5) is 5.82 Å². The highest BCUT2D eigenvalue weighted by molar-refractivity contribution is 5.81. The number of carboxylic acids is 1. The Bertz CT molecular complexity index is 929. The van der Waals surface area contributed by atoms with Gasteiger partial charge >= 0.3 is 5.97 Å². The van der Waals surface area contributed by atoms with E-state index in [0.717, 1.165) is 0 Å². The Balaban J connectivity index is 1.73. The zero-order chi connectivity index (χ0) is 21.8. The summed E-state index contributed by atoms with van der Waals surface area (Å²) in [6.07, 6.45) is 4.57. The van der Waals surface area contributed by atoms with E-state index in [1.807, 2.05) is 4.90 Å². The number of aromatic nitrogens is 4. The summed E-state index contributed by atoms with van der Waals surface area (Å²) in [4.78, 5) is 25.0. The Labute approximate surface area is 172 Å². The number of nitrogens with two attached hydrogens (primary N) is 2.